The number of benzene rings is 1. The van der Waals surface area contributed by atoms with Crippen molar-refractivity contribution in [1.82, 2.24) is 4.90 Å². The molecule has 1 amide bonds. The van der Waals surface area contributed by atoms with Gasteiger partial charge in [-0.05, 0) is 52.3 Å². The highest BCUT2D eigenvalue weighted by atomic mass is 16.6. The minimum Gasteiger partial charge on any atom is -0.497 e. The quantitative estimate of drug-likeness (QED) is 0.507. The van der Waals surface area contributed by atoms with Crippen molar-refractivity contribution in [3.63, 3.8) is 0 Å². The monoisotopic (exact) mass is 381 g/mol. The van der Waals surface area contributed by atoms with Crippen LogP contribution < -0.4 is 4.74 Å². The van der Waals surface area contributed by atoms with Gasteiger partial charge in [0.1, 0.15) is 23.6 Å². The molecule has 0 fully saturated rings. The molecular formula is C20H31NO6. The summed E-state index contributed by atoms with van der Waals surface area (Å²) in [5.74, 6) is 0.182. The number of amides is 1. The first-order chi connectivity index (χ1) is 12.6. The first-order valence-corrected chi connectivity index (χ1v) is 8.87. The van der Waals surface area contributed by atoms with E-state index in [0.717, 1.165) is 5.56 Å². The van der Waals surface area contributed by atoms with Crippen LogP contribution in [0, 0.1) is 0 Å². The zero-order chi connectivity index (χ0) is 20.7. The number of rotatable bonds is 8. The highest BCUT2D eigenvalue weighted by Crippen LogP contribution is 2.26. The lowest BCUT2D eigenvalue weighted by Crippen LogP contribution is -2.58. The fourth-order valence-electron chi connectivity index (χ4n) is 2.55. The molecule has 1 rings (SSSR count). The van der Waals surface area contributed by atoms with E-state index in [1.54, 1.807) is 53.9 Å². The van der Waals surface area contributed by atoms with E-state index in [-0.39, 0.29) is 19.8 Å². The average Bonchev–Trinajstić information content (AvgIpc) is 2.58. The van der Waals surface area contributed by atoms with Gasteiger partial charge in [0.15, 0.2) is 0 Å². The van der Waals surface area contributed by atoms with Gasteiger partial charge in [0.05, 0.1) is 13.7 Å². The van der Waals surface area contributed by atoms with Crippen LogP contribution in [0.25, 0.3) is 0 Å². The zero-order valence-electron chi connectivity index (χ0n) is 17.3. The molecule has 1 aromatic rings. The van der Waals surface area contributed by atoms with Crippen LogP contribution in [0.4, 0.5) is 4.79 Å². The van der Waals surface area contributed by atoms with Crippen molar-refractivity contribution in [2.45, 2.75) is 52.2 Å². The van der Waals surface area contributed by atoms with Crippen molar-refractivity contribution >= 4 is 12.1 Å². The van der Waals surface area contributed by atoms with Crippen molar-refractivity contribution < 1.29 is 28.5 Å². The van der Waals surface area contributed by atoms with Crippen LogP contribution in [-0.2, 0) is 25.4 Å². The van der Waals surface area contributed by atoms with Crippen LogP contribution in [0.5, 0.6) is 5.75 Å². The highest BCUT2D eigenvalue weighted by Gasteiger charge is 2.45. The maximum Gasteiger partial charge on any atom is 0.413 e. The Kier molecular flexibility index (Phi) is 8.09. The standard InChI is InChI=1S/C20H31NO6/c1-8-26-17(22)20(5,13-15-9-11-16(25-7)12-10-15)21(14-24-6)18(23)27-19(2,3)4/h9-12H,8,13-14H2,1-7H3/t20-/m0/s1. The Labute approximate surface area is 161 Å². The fraction of sp³-hybridized carbons (Fsp3) is 0.600. The molecule has 0 aliphatic rings. The molecule has 0 spiro atoms. The SMILES string of the molecule is CCOC(=O)[C@](C)(Cc1ccc(OC)cc1)N(COC)C(=O)OC(C)(C)C. The second kappa shape index (κ2) is 9.60. The van der Waals surface area contributed by atoms with Gasteiger partial charge in [-0.1, -0.05) is 12.1 Å². The molecule has 0 saturated heterocycles. The predicted molar refractivity (Wildman–Crippen MR) is 102 cm³/mol. The van der Waals surface area contributed by atoms with Gasteiger partial charge < -0.3 is 18.9 Å². The number of esters is 1. The first-order valence-electron chi connectivity index (χ1n) is 8.87. The van der Waals surface area contributed by atoms with Gasteiger partial charge in [0.25, 0.3) is 0 Å². The number of hydrogen-bond acceptors (Lipinski definition) is 6. The lowest BCUT2D eigenvalue weighted by Gasteiger charge is -2.39. The molecular weight excluding hydrogens is 350 g/mol. The Morgan fingerprint density at radius 2 is 1.63 bits per heavy atom. The minimum atomic E-state index is -1.30. The normalized spacial score (nSPS) is 13.4. The smallest absolute Gasteiger partial charge is 0.413 e. The second-order valence-corrected chi connectivity index (χ2v) is 7.35. The van der Waals surface area contributed by atoms with E-state index in [1.807, 2.05) is 12.1 Å². The Morgan fingerprint density at radius 3 is 2.07 bits per heavy atom. The molecule has 0 aliphatic heterocycles. The summed E-state index contributed by atoms with van der Waals surface area (Å²) in [6.07, 6.45) is -0.410. The van der Waals surface area contributed by atoms with Crippen LogP contribution in [0.1, 0.15) is 40.2 Å². The predicted octanol–water partition coefficient (Wildman–Crippen LogP) is 3.40. The maximum atomic E-state index is 12.8. The third-order valence-electron chi connectivity index (χ3n) is 3.89. The van der Waals surface area contributed by atoms with E-state index in [9.17, 15) is 9.59 Å². The van der Waals surface area contributed by atoms with Crippen molar-refractivity contribution in [2.24, 2.45) is 0 Å². The molecule has 0 radical (unpaired) electrons. The molecule has 0 N–H and O–H groups in total. The summed E-state index contributed by atoms with van der Waals surface area (Å²) in [4.78, 5) is 26.9. The average molecular weight is 381 g/mol. The van der Waals surface area contributed by atoms with Gasteiger partial charge >= 0.3 is 12.1 Å². The summed E-state index contributed by atoms with van der Waals surface area (Å²) < 4.78 is 21.1. The van der Waals surface area contributed by atoms with Gasteiger partial charge in [0, 0.05) is 13.5 Å². The summed E-state index contributed by atoms with van der Waals surface area (Å²) in [6, 6.07) is 7.29. The van der Waals surface area contributed by atoms with Crippen LogP contribution in [0.2, 0.25) is 0 Å². The Balaban J connectivity index is 3.26. The Hall–Kier alpha value is -2.28. The van der Waals surface area contributed by atoms with E-state index < -0.39 is 23.2 Å². The van der Waals surface area contributed by atoms with Gasteiger partial charge in [-0.15, -0.1) is 0 Å². The number of carbonyl (C=O) groups excluding carboxylic acids is 2. The number of carbonyl (C=O) groups is 2. The van der Waals surface area contributed by atoms with Gasteiger partial charge in [-0.25, -0.2) is 9.59 Å². The first kappa shape index (κ1) is 22.8. The molecule has 0 heterocycles. The molecule has 0 saturated carbocycles. The van der Waals surface area contributed by atoms with Crippen molar-refractivity contribution in [3.8, 4) is 5.75 Å². The largest absolute Gasteiger partial charge is 0.497 e. The summed E-state index contributed by atoms with van der Waals surface area (Å²) in [5, 5.41) is 0. The molecule has 152 valence electrons. The molecule has 1 aromatic carbocycles. The van der Waals surface area contributed by atoms with Crippen molar-refractivity contribution in [1.29, 1.82) is 0 Å². The third-order valence-corrected chi connectivity index (χ3v) is 3.89. The molecule has 0 aliphatic carbocycles. The molecule has 0 aromatic heterocycles. The third kappa shape index (κ3) is 6.43. The number of ether oxygens (including phenoxy) is 4. The molecule has 7 heteroatoms. The van der Waals surface area contributed by atoms with E-state index >= 15 is 0 Å². The fourth-order valence-corrected chi connectivity index (χ4v) is 2.55. The Bertz CT molecular complexity index is 622. The highest BCUT2D eigenvalue weighted by molar-refractivity contribution is 5.86. The number of nitrogens with zero attached hydrogens (tertiary/aromatic N) is 1. The van der Waals surface area contributed by atoms with Gasteiger partial charge in [-0.3, -0.25) is 4.90 Å². The van der Waals surface area contributed by atoms with E-state index in [1.165, 1.54) is 12.0 Å². The van der Waals surface area contributed by atoms with Crippen LogP contribution in [-0.4, -0.2) is 55.7 Å². The minimum absolute atomic E-state index is 0.111. The second-order valence-electron chi connectivity index (χ2n) is 7.35. The van der Waals surface area contributed by atoms with Crippen molar-refractivity contribution in [3.05, 3.63) is 29.8 Å². The van der Waals surface area contributed by atoms with E-state index in [2.05, 4.69) is 0 Å². The lowest BCUT2D eigenvalue weighted by molar-refractivity contribution is -0.159. The van der Waals surface area contributed by atoms with Crippen molar-refractivity contribution in [2.75, 3.05) is 27.6 Å². The summed E-state index contributed by atoms with van der Waals surface area (Å²) in [6.45, 7) is 8.76. The van der Waals surface area contributed by atoms with Gasteiger partial charge in [-0.2, -0.15) is 0 Å². The van der Waals surface area contributed by atoms with Gasteiger partial charge in [0.2, 0.25) is 0 Å². The number of methoxy groups -OCH3 is 2. The van der Waals surface area contributed by atoms with Crippen LogP contribution in [0.3, 0.4) is 0 Å². The zero-order valence-corrected chi connectivity index (χ0v) is 17.3. The topological polar surface area (TPSA) is 74.3 Å². The molecule has 27 heavy (non-hydrogen) atoms. The lowest BCUT2D eigenvalue weighted by atomic mass is 9.91. The van der Waals surface area contributed by atoms with Crippen LogP contribution >= 0.6 is 0 Å². The van der Waals surface area contributed by atoms with E-state index in [4.69, 9.17) is 18.9 Å². The number of hydrogen-bond donors (Lipinski definition) is 0. The summed E-state index contributed by atoms with van der Waals surface area (Å²) in [5.41, 5.74) is -1.17. The van der Waals surface area contributed by atoms with Crippen LogP contribution in [0.15, 0.2) is 24.3 Å². The Morgan fingerprint density at radius 1 is 1.04 bits per heavy atom. The molecule has 7 nitrogen and oxygen atoms in total. The molecule has 0 bridgehead atoms. The molecule has 1 atom stereocenters. The summed E-state index contributed by atoms with van der Waals surface area (Å²) in [7, 11) is 3.04. The summed E-state index contributed by atoms with van der Waals surface area (Å²) >= 11 is 0. The maximum absolute atomic E-state index is 12.8. The molecule has 0 unspecified atom stereocenters. The van der Waals surface area contributed by atoms with E-state index in [0.29, 0.717) is 5.75 Å².